The molecule has 2 N–H and O–H groups in total. The Hall–Kier alpha value is -2.37. The summed E-state index contributed by atoms with van der Waals surface area (Å²) < 4.78 is 0. The predicted octanol–water partition coefficient (Wildman–Crippen LogP) is 1.54. The lowest BCUT2D eigenvalue weighted by atomic mass is 9.92. The Labute approximate surface area is 141 Å². The fourth-order valence-electron chi connectivity index (χ4n) is 3.49. The molecule has 0 bridgehead atoms. The zero-order valence-electron chi connectivity index (χ0n) is 13.9. The van der Waals surface area contributed by atoms with E-state index < -0.39 is 0 Å². The summed E-state index contributed by atoms with van der Waals surface area (Å²) in [7, 11) is 0. The molecule has 2 aliphatic heterocycles. The highest BCUT2D eigenvalue weighted by Crippen LogP contribution is 2.25. The number of anilines is 1. The first-order valence-electron chi connectivity index (χ1n) is 8.48. The van der Waals surface area contributed by atoms with Gasteiger partial charge in [0.15, 0.2) is 0 Å². The standard InChI is InChI=1S/C18H23N3O3/c1-12-4-5-14(17(19)23)11-21(12)18(24)13-6-8-15(9-7-13)20-10-2-3-16(20)22/h6-9,12,14H,2-5,10-11H2,1H3,(H2,19,23)/t12-,14-/m0/s1. The third-order valence-electron chi connectivity index (χ3n) is 5.04. The van der Waals surface area contributed by atoms with E-state index in [-0.39, 0.29) is 29.7 Å². The van der Waals surface area contributed by atoms with Crippen LogP contribution < -0.4 is 10.6 Å². The van der Waals surface area contributed by atoms with Gasteiger partial charge in [-0.2, -0.15) is 0 Å². The van der Waals surface area contributed by atoms with Crippen LogP contribution in [-0.4, -0.2) is 41.8 Å². The fourth-order valence-corrected chi connectivity index (χ4v) is 3.49. The molecule has 24 heavy (non-hydrogen) atoms. The maximum atomic E-state index is 12.8. The summed E-state index contributed by atoms with van der Waals surface area (Å²) in [5, 5.41) is 0. The smallest absolute Gasteiger partial charge is 0.254 e. The zero-order chi connectivity index (χ0) is 17.3. The molecule has 2 fully saturated rings. The number of primary amides is 1. The van der Waals surface area contributed by atoms with E-state index in [1.165, 1.54) is 0 Å². The molecule has 0 radical (unpaired) electrons. The lowest BCUT2D eigenvalue weighted by Crippen LogP contribution is -2.48. The third-order valence-corrected chi connectivity index (χ3v) is 5.04. The van der Waals surface area contributed by atoms with Crippen molar-refractivity contribution in [3.63, 3.8) is 0 Å². The van der Waals surface area contributed by atoms with E-state index in [1.807, 2.05) is 19.1 Å². The lowest BCUT2D eigenvalue weighted by Gasteiger charge is -2.37. The monoisotopic (exact) mass is 329 g/mol. The molecular formula is C18H23N3O3. The van der Waals surface area contributed by atoms with E-state index in [1.54, 1.807) is 21.9 Å². The molecule has 6 nitrogen and oxygen atoms in total. The number of hydrogen-bond donors (Lipinski definition) is 1. The normalized spacial score (nSPS) is 24.3. The molecule has 0 aliphatic carbocycles. The van der Waals surface area contributed by atoms with Gasteiger partial charge in [0.05, 0.1) is 5.92 Å². The molecule has 1 aromatic carbocycles. The molecule has 2 saturated heterocycles. The first kappa shape index (κ1) is 16.5. The summed E-state index contributed by atoms with van der Waals surface area (Å²) >= 11 is 0. The third kappa shape index (κ3) is 3.13. The number of likely N-dealkylation sites (tertiary alicyclic amines) is 1. The van der Waals surface area contributed by atoms with E-state index >= 15 is 0 Å². The summed E-state index contributed by atoms with van der Waals surface area (Å²) in [5.41, 5.74) is 6.80. The highest BCUT2D eigenvalue weighted by atomic mass is 16.2. The van der Waals surface area contributed by atoms with Crippen LogP contribution in [0.2, 0.25) is 0 Å². The Kier molecular flexibility index (Phi) is 4.55. The van der Waals surface area contributed by atoms with Gasteiger partial charge in [-0.25, -0.2) is 0 Å². The molecule has 0 spiro atoms. The summed E-state index contributed by atoms with van der Waals surface area (Å²) in [6, 6.07) is 7.23. The van der Waals surface area contributed by atoms with E-state index in [2.05, 4.69) is 0 Å². The van der Waals surface area contributed by atoms with Crippen LogP contribution in [0.15, 0.2) is 24.3 Å². The molecule has 6 heteroatoms. The van der Waals surface area contributed by atoms with E-state index in [0.29, 0.717) is 18.5 Å². The minimum Gasteiger partial charge on any atom is -0.369 e. The Morgan fingerprint density at radius 2 is 1.88 bits per heavy atom. The first-order chi connectivity index (χ1) is 11.5. The van der Waals surface area contributed by atoms with Crippen molar-refractivity contribution in [1.82, 2.24) is 4.90 Å². The molecule has 3 rings (SSSR count). The molecule has 3 amide bonds. The van der Waals surface area contributed by atoms with Crippen molar-refractivity contribution in [3.05, 3.63) is 29.8 Å². The van der Waals surface area contributed by atoms with Crippen LogP contribution in [0.3, 0.4) is 0 Å². The topological polar surface area (TPSA) is 83.7 Å². The fraction of sp³-hybridized carbons (Fsp3) is 0.500. The Morgan fingerprint density at radius 3 is 2.46 bits per heavy atom. The van der Waals surface area contributed by atoms with Crippen LogP contribution in [0, 0.1) is 5.92 Å². The first-order valence-corrected chi connectivity index (χ1v) is 8.48. The molecule has 2 aliphatic rings. The lowest BCUT2D eigenvalue weighted by molar-refractivity contribution is -0.123. The molecular weight excluding hydrogens is 306 g/mol. The van der Waals surface area contributed by atoms with Gasteiger partial charge in [0, 0.05) is 36.8 Å². The number of benzene rings is 1. The number of hydrogen-bond acceptors (Lipinski definition) is 3. The van der Waals surface area contributed by atoms with Gasteiger partial charge in [-0.1, -0.05) is 0 Å². The molecule has 0 aromatic heterocycles. The van der Waals surface area contributed by atoms with Gasteiger partial charge in [-0.05, 0) is 50.5 Å². The molecule has 0 unspecified atom stereocenters. The number of carbonyl (C=O) groups is 3. The highest BCUT2D eigenvalue weighted by Gasteiger charge is 2.32. The number of carbonyl (C=O) groups excluding carboxylic acids is 3. The number of rotatable bonds is 3. The SMILES string of the molecule is C[C@H]1CC[C@H](C(N)=O)CN1C(=O)c1ccc(N2CCCC2=O)cc1. The van der Waals surface area contributed by atoms with Gasteiger partial charge in [-0.15, -0.1) is 0 Å². The number of nitrogens with zero attached hydrogens (tertiary/aromatic N) is 2. The van der Waals surface area contributed by atoms with Crippen LogP contribution in [0.4, 0.5) is 5.69 Å². The van der Waals surface area contributed by atoms with Gasteiger partial charge in [0.1, 0.15) is 0 Å². The molecule has 2 heterocycles. The van der Waals surface area contributed by atoms with Gasteiger partial charge < -0.3 is 15.5 Å². The molecule has 2 atom stereocenters. The largest absolute Gasteiger partial charge is 0.369 e. The van der Waals surface area contributed by atoms with Gasteiger partial charge in [0.25, 0.3) is 5.91 Å². The molecule has 1 aromatic rings. The van der Waals surface area contributed by atoms with E-state index in [4.69, 9.17) is 5.73 Å². The molecule has 128 valence electrons. The summed E-state index contributed by atoms with van der Waals surface area (Å²) in [6.45, 7) is 3.10. The zero-order valence-corrected chi connectivity index (χ0v) is 13.9. The highest BCUT2D eigenvalue weighted by molar-refractivity contribution is 5.98. The summed E-state index contributed by atoms with van der Waals surface area (Å²) in [6.07, 6.45) is 2.97. The van der Waals surface area contributed by atoms with Crippen molar-refractivity contribution in [2.45, 2.75) is 38.6 Å². The van der Waals surface area contributed by atoms with Gasteiger partial charge in [-0.3, -0.25) is 14.4 Å². The average Bonchev–Trinajstić information content (AvgIpc) is 3.00. The Bertz CT molecular complexity index is 656. The second-order valence-electron chi connectivity index (χ2n) is 6.68. The van der Waals surface area contributed by atoms with Gasteiger partial charge in [0.2, 0.25) is 11.8 Å². The quantitative estimate of drug-likeness (QED) is 0.913. The summed E-state index contributed by atoms with van der Waals surface area (Å²) in [5.74, 6) is -0.579. The van der Waals surface area contributed by atoms with Crippen molar-refractivity contribution < 1.29 is 14.4 Å². The van der Waals surface area contributed by atoms with Crippen LogP contribution in [0.25, 0.3) is 0 Å². The van der Waals surface area contributed by atoms with Crippen LogP contribution in [0.1, 0.15) is 43.0 Å². The van der Waals surface area contributed by atoms with Crippen molar-refractivity contribution in [1.29, 1.82) is 0 Å². The number of piperidine rings is 1. The Morgan fingerprint density at radius 1 is 1.17 bits per heavy atom. The van der Waals surface area contributed by atoms with E-state index in [9.17, 15) is 14.4 Å². The second kappa shape index (κ2) is 6.63. The molecule has 0 saturated carbocycles. The van der Waals surface area contributed by atoms with Crippen LogP contribution >= 0.6 is 0 Å². The van der Waals surface area contributed by atoms with Crippen LogP contribution in [-0.2, 0) is 9.59 Å². The number of nitrogens with two attached hydrogens (primary N) is 1. The van der Waals surface area contributed by atoms with Crippen molar-refractivity contribution in [2.75, 3.05) is 18.0 Å². The minimum atomic E-state index is -0.345. The van der Waals surface area contributed by atoms with Gasteiger partial charge >= 0.3 is 0 Å². The van der Waals surface area contributed by atoms with E-state index in [0.717, 1.165) is 31.5 Å². The average molecular weight is 329 g/mol. The Balaban J connectivity index is 1.74. The van der Waals surface area contributed by atoms with Crippen molar-refractivity contribution in [3.8, 4) is 0 Å². The summed E-state index contributed by atoms with van der Waals surface area (Å²) in [4.78, 5) is 39.5. The maximum Gasteiger partial charge on any atom is 0.254 e. The van der Waals surface area contributed by atoms with Crippen molar-refractivity contribution >= 4 is 23.4 Å². The van der Waals surface area contributed by atoms with Crippen molar-refractivity contribution in [2.24, 2.45) is 11.7 Å². The van der Waals surface area contributed by atoms with Crippen LogP contribution in [0.5, 0.6) is 0 Å². The maximum absolute atomic E-state index is 12.8. The second-order valence-corrected chi connectivity index (χ2v) is 6.68. The minimum absolute atomic E-state index is 0.0900. The number of amides is 3. The predicted molar refractivity (Wildman–Crippen MR) is 90.4 cm³/mol.